The fourth-order valence-electron chi connectivity index (χ4n) is 1.62. The molecule has 0 saturated carbocycles. The number of aliphatic hydroxyl groups excluding tert-OH is 1. The van der Waals surface area contributed by atoms with Gasteiger partial charge in [-0.3, -0.25) is 4.90 Å². The minimum atomic E-state index is -0.0757. The first-order valence-corrected chi connectivity index (χ1v) is 4.71. The SMILES string of the molecule is OC1CN(CCCn2ccnc2)C1. The third-order valence-corrected chi connectivity index (χ3v) is 2.39. The molecule has 0 unspecified atom stereocenters. The van der Waals surface area contributed by atoms with E-state index in [2.05, 4.69) is 14.5 Å². The van der Waals surface area contributed by atoms with Crippen LogP contribution in [0.25, 0.3) is 0 Å². The van der Waals surface area contributed by atoms with Crippen LogP contribution in [-0.4, -0.2) is 45.3 Å². The number of aromatic nitrogens is 2. The van der Waals surface area contributed by atoms with E-state index in [0.29, 0.717) is 0 Å². The highest BCUT2D eigenvalue weighted by Crippen LogP contribution is 2.07. The van der Waals surface area contributed by atoms with Crippen LogP contribution < -0.4 is 0 Å². The third kappa shape index (κ3) is 2.29. The Morgan fingerprint density at radius 3 is 2.85 bits per heavy atom. The van der Waals surface area contributed by atoms with Crippen molar-refractivity contribution in [2.45, 2.75) is 19.1 Å². The second kappa shape index (κ2) is 3.89. The predicted molar refractivity (Wildman–Crippen MR) is 49.3 cm³/mol. The zero-order chi connectivity index (χ0) is 9.10. The van der Waals surface area contributed by atoms with Crippen LogP contribution in [0.3, 0.4) is 0 Å². The number of rotatable bonds is 4. The Kier molecular flexibility index (Phi) is 2.61. The van der Waals surface area contributed by atoms with Gasteiger partial charge in [0.2, 0.25) is 0 Å². The molecule has 0 amide bonds. The van der Waals surface area contributed by atoms with Crippen molar-refractivity contribution in [2.75, 3.05) is 19.6 Å². The number of likely N-dealkylation sites (tertiary alicyclic amines) is 1. The van der Waals surface area contributed by atoms with Crippen molar-refractivity contribution >= 4 is 0 Å². The number of hydrogen-bond donors (Lipinski definition) is 1. The summed E-state index contributed by atoms with van der Waals surface area (Å²) in [5, 5.41) is 9.04. The minimum Gasteiger partial charge on any atom is -0.390 e. The molecule has 0 spiro atoms. The molecule has 1 aromatic rings. The lowest BCUT2D eigenvalue weighted by Gasteiger charge is -2.35. The van der Waals surface area contributed by atoms with E-state index in [0.717, 1.165) is 32.6 Å². The van der Waals surface area contributed by atoms with Gasteiger partial charge in [-0.1, -0.05) is 0 Å². The van der Waals surface area contributed by atoms with Crippen LogP contribution in [0, 0.1) is 0 Å². The maximum Gasteiger partial charge on any atom is 0.0945 e. The Bertz CT molecular complexity index is 241. The van der Waals surface area contributed by atoms with E-state index in [4.69, 9.17) is 5.11 Å². The Labute approximate surface area is 77.8 Å². The quantitative estimate of drug-likeness (QED) is 0.708. The monoisotopic (exact) mass is 181 g/mol. The highest BCUT2D eigenvalue weighted by Gasteiger charge is 2.22. The second-order valence-corrected chi connectivity index (χ2v) is 3.57. The van der Waals surface area contributed by atoms with Crippen LogP contribution >= 0.6 is 0 Å². The van der Waals surface area contributed by atoms with Gasteiger partial charge in [-0.2, -0.15) is 0 Å². The molecule has 2 heterocycles. The van der Waals surface area contributed by atoms with Gasteiger partial charge in [0.05, 0.1) is 12.4 Å². The molecule has 0 aromatic carbocycles. The predicted octanol–water partition coefficient (Wildman–Crippen LogP) is -0.0503. The molecule has 0 aliphatic carbocycles. The van der Waals surface area contributed by atoms with Crippen molar-refractivity contribution in [1.29, 1.82) is 0 Å². The molecule has 2 rings (SSSR count). The second-order valence-electron chi connectivity index (χ2n) is 3.57. The lowest BCUT2D eigenvalue weighted by molar-refractivity contribution is 0.00124. The lowest BCUT2D eigenvalue weighted by Crippen LogP contribution is -2.50. The molecule has 1 saturated heterocycles. The summed E-state index contributed by atoms with van der Waals surface area (Å²) in [5.41, 5.74) is 0. The first-order chi connectivity index (χ1) is 6.34. The van der Waals surface area contributed by atoms with E-state index >= 15 is 0 Å². The molecule has 13 heavy (non-hydrogen) atoms. The van der Waals surface area contributed by atoms with Gasteiger partial charge in [0, 0.05) is 38.6 Å². The summed E-state index contributed by atoms with van der Waals surface area (Å²) in [6.07, 6.45) is 6.67. The van der Waals surface area contributed by atoms with Crippen molar-refractivity contribution in [3.05, 3.63) is 18.7 Å². The van der Waals surface area contributed by atoms with Crippen molar-refractivity contribution in [1.82, 2.24) is 14.5 Å². The van der Waals surface area contributed by atoms with E-state index in [-0.39, 0.29) is 6.10 Å². The lowest BCUT2D eigenvalue weighted by atomic mass is 10.1. The molecule has 0 bridgehead atoms. The van der Waals surface area contributed by atoms with E-state index in [1.54, 1.807) is 6.20 Å². The maximum atomic E-state index is 9.04. The van der Waals surface area contributed by atoms with Crippen LogP contribution in [0.5, 0.6) is 0 Å². The first-order valence-electron chi connectivity index (χ1n) is 4.71. The molecule has 1 aliphatic rings. The fraction of sp³-hybridized carbons (Fsp3) is 0.667. The zero-order valence-corrected chi connectivity index (χ0v) is 7.63. The van der Waals surface area contributed by atoms with Gasteiger partial charge >= 0.3 is 0 Å². The summed E-state index contributed by atoms with van der Waals surface area (Å²) < 4.78 is 2.08. The standard InChI is InChI=1S/C9H15N3O/c13-9-6-12(7-9)4-1-3-11-5-2-10-8-11/h2,5,8-9,13H,1,3-4,6-7H2. The van der Waals surface area contributed by atoms with E-state index < -0.39 is 0 Å². The molecule has 1 aromatic heterocycles. The van der Waals surface area contributed by atoms with Crippen molar-refractivity contribution in [3.63, 3.8) is 0 Å². The Balaban J connectivity index is 1.59. The van der Waals surface area contributed by atoms with E-state index in [1.807, 2.05) is 12.5 Å². The Hall–Kier alpha value is -0.870. The topological polar surface area (TPSA) is 41.3 Å². The fourth-order valence-corrected chi connectivity index (χ4v) is 1.62. The van der Waals surface area contributed by atoms with Gasteiger partial charge in [0.25, 0.3) is 0 Å². The summed E-state index contributed by atoms with van der Waals surface area (Å²) in [6, 6.07) is 0. The highest BCUT2D eigenvalue weighted by atomic mass is 16.3. The molecular weight excluding hydrogens is 166 g/mol. The summed E-state index contributed by atoms with van der Waals surface area (Å²) in [7, 11) is 0. The molecule has 4 heteroatoms. The van der Waals surface area contributed by atoms with Crippen LogP contribution in [0.1, 0.15) is 6.42 Å². The van der Waals surface area contributed by atoms with Crippen LogP contribution in [0.15, 0.2) is 18.7 Å². The number of aryl methyl sites for hydroxylation is 1. The normalized spacial score (nSPS) is 18.8. The molecule has 72 valence electrons. The summed E-state index contributed by atoms with van der Waals surface area (Å²) >= 11 is 0. The molecule has 0 atom stereocenters. The van der Waals surface area contributed by atoms with Crippen LogP contribution in [-0.2, 0) is 6.54 Å². The average molecular weight is 181 g/mol. The first kappa shape index (κ1) is 8.72. The Morgan fingerprint density at radius 1 is 1.38 bits per heavy atom. The van der Waals surface area contributed by atoms with Crippen LogP contribution in [0.4, 0.5) is 0 Å². The smallest absolute Gasteiger partial charge is 0.0945 e. The van der Waals surface area contributed by atoms with E-state index in [9.17, 15) is 0 Å². The van der Waals surface area contributed by atoms with Crippen LogP contribution in [0.2, 0.25) is 0 Å². The number of β-amino-alcohol motifs (C(OH)–C–C–N with tert-alkyl or cyclic N) is 1. The molecule has 1 N–H and O–H groups in total. The number of imidazole rings is 1. The molecule has 1 aliphatic heterocycles. The molecule has 0 radical (unpaired) electrons. The van der Waals surface area contributed by atoms with Crippen molar-refractivity contribution < 1.29 is 5.11 Å². The van der Waals surface area contributed by atoms with Gasteiger partial charge in [0.1, 0.15) is 0 Å². The van der Waals surface area contributed by atoms with Gasteiger partial charge < -0.3 is 9.67 Å². The van der Waals surface area contributed by atoms with Crippen molar-refractivity contribution in [3.8, 4) is 0 Å². The number of hydrogen-bond acceptors (Lipinski definition) is 3. The molecular formula is C9H15N3O. The van der Waals surface area contributed by atoms with Gasteiger partial charge in [-0.15, -0.1) is 0 Å². The highest BCUT2D eigenvalue weighted by molar-refractivity contribution is 4.79. The average Bonchev–Trinajstić information content (AvgIpc) is 2.53. The van der Waals surface area contributed by atoms with Gasteiger partial charge in [-0.25, -0.2) is 4.98 Å². The number of aliphatic hydroxyl groups is 1. The van der Waals surface area contributed by atoms with Crippen molar-refractivity contribution in [2.24, 2.45) is 0 Å². The molecule has 1 fully saturated rings. The van der Waals surface area contributed by atoms with Gasteiger partial charge in [0.15, 0.2) is 0 Å². The maximum absolute atomic E-state index is 9.04. The third-order valence-electron chi connectivity index (χ3n) is 2.39. The summed E-state index contributed by atoms with van der Waals surface area (Å²) in [5.74, 6) is 0. The zero-order valence-electron chi connectivity index (χ0n) is 7.63. The number of nitrogens with zero attached hydrogens (tertiary/aromatic N) is 3. The Morgan fingerprint density at radius 2 is 2.23 bits per heavy atom. The largest absolute Gasteiger partial charge is 0.390 e. The van der Waals surface area contributed by atoms with E-state index in [1.165, 1.54) is 0 Å². The summed E-state index contributed by atoms with van der Waals surface area (Å²) in [4.78, 5) is 6.24. The van der Waals surface area contributed by atoms with Gasteiger partial charge in [-0.05, 0) is 6.42 Å². The summed E-state index contributed by atoms with van der Waals surface area (Å²) in [6.45, 7) is 3.80. The molecule has 4 nitrogen and oxygen atoms in total. The minimum absolute atomic E-state index is 0.0757.